The zero-order chi connectivity index (χ0) is 14.6. The summed E-state index contributed by atoms with van der Waals surface area (Å²) in [6.45, 7) is 2.54. The molecule has 110 valence electrons. The summed E-state index contributed by atoms with van der Waals surface area (Å²) in [5, 5.41) is 8.79. The first-order chi connectivity index (χ1) is 9.50. The summed E-state index contributed by atoms with van der Waals surface area (Å²) in [4.78, 5) is 2.19. The fraction of sp³-hybridized carbons (Fsp3) is 0.467. The van der Waals surface area contributed by atoms with Gasteiger partial charge < -0.3 is 5.11 Å². The van der Waals surface area contributed by atoms with E-state index in [0.29, 0.717) is 5.56 Å². The van der Waals surface area contributed by atoms with E-state index in [0.717, 1.165) is 44.1 Å². The molecule has 1 aromatic carbocycles. The number of rotatable bonds is 4. The lowest BCUT2D eigenvalue weighted by Crippen LogP contribution is -2.29. The molecule has 1 aromatic rings. The van der Waals surface area contributed by atoms with Gasteiger partial charge in [-0.1, -0.05) is 18.2 Å². The van der Waals surface area contributed by atoms with Gasteiger partial charge in [0.1, 0.15) is 0 Å². The fourth-order valence-electron chi connectivity index (χ4n) is 2.37. The Hall–Kier alpha value is -1.33. The van der Waals surface area contributed by atoms with Crippen LogP contribution in [0.3, 0.4) is 0 Å². The predicted molar refractivity (Wildman–Crippen MR) is 72.2 cm³/mol. The fourth-order valence-corrected chi connectivity index (χ4v) is 2.37. The summed E-state index contributed by atoms with van der Waals surface area (Å²) >= 11 is 0. The molecule has 5 heteroatoms. The second kappa shape index (κ2) is 6.41. The van der Waals surface area contributed by atoms with Crippen LogP contribution in [0.1, 0.15) is 24.0 Å². The molecule has 1 heterocycles. The van der Waals surface area contributed by atoms with Crippen molar-refractivity contribution < 1.29 is 18.3 Å². The average molecular weight is 285 g/mol. The Balaban J connectivity index is 2.08. The van der Waals surface area contributed by atoms with E-state index in [1.54, 1.807) is 6.07 Å². The Morgan fingerprint density at radius 3 is 2.65 bits per heavy atom. The first-order valence-corrected chi connectivity index (χ1v) is 6.70. The summed E-state index contributed by atoms with van der Waals surface area (Å²) in [5.74, 6) is 0. The van der Waals surface area contributed by atoms with Crippen LogP contribution in [0.4, 0.5) is 13.2 Å². The van der Waals surface area contributed by atoms with Gasteiger partial charge in [-0.2, -0.15) is 13.2 Å². The lowest BCUT2D eigenvalue weighted by molar-refractivity contribution is -0.137. The summed E-state index contributed by atoms with van der Waals surface area (Å²) in [5.41, 5.74) is 1.02. The number of hydrogen-bond donors (Lipinski definition) is 1. The van der Waals surface area contributed by atoms with Crippen molar-refractivity contribution >= 4 is 5.57 Å². The van der Waals surface area contributed by atoms with E-state index in [9.17, 15) is 13.2 Å². The molecule has 0 saturated heterocycles. The summed E-state index contributed by atoms with van der Waals surface area (Å²) < 4.78 is 38.1. The lowest BCUT2D eigenvalue weighted by Gasteiger charge is -2.26. The number of hydrogen-bond acceptors (Lipinski definition) is 2. The maximum Gasteiger partial charge on any atom is 0.416 e. The normalized spacial score (nSPS) is 17.1. The smallest absolute Gasteiger partial charge is 0.396 e. The van der Waals surface area contributed by atoms with E-state index in [2.05, 4.69) is 4.90 Å². The minimum Gasteiger partial charge on any atom is -0.396 e. The highest BCUT2D eigenvalue weighted by molar-refractivity contribution is 5.67. The molecule has 0 amide bonds. The second-order valence-corrected chi connectivity index (χ2v) is 4.94. The molecule has 2 rings (SSSR count). The number of nitrogens with zero attached hydrogens (tertiary/aromatic N) is 1. The quantitative estimate of drug-likeness (QED) is 0.918. The number of aliphatic hydroxyl groups excluding tert-OH is 1. The minimum atomic E-state index is -4.29. The van der Waals surface area contributed by atoms with E-state index in [1.807, 2.05) is 6.08 Å². The average Bonchev–Trinajstić information content (AvgIpc) is 2.45. The highest BCUT2D eigenvalue weighted by Crippen LogP contribution is 2.32. The molecule has 0 aliphatic carbocycles. The van der Waals surface area contributed by atoms with Gasteiger partial charge in [-0.15, -0.1) is 0 Å². The number of alkyl halides is 3. The van der Waals surface area contributed by atoms with Crippen molar-refractivity contribution in [1.82, 2.24) is 4.90 Å². The highest BCUT2D eigenvalue weighted by atomic mass is 19.4. The van der Waals surface area contributed by atoms with Crippen molar-refractivity contribution in [3.05, 3.63) is 41.5 Å². The molecule has 0 unspecified atom stereocenters. The van der Waals surface area contributed by atoms with Gasteiger partial charge in [0, 0.05) is 26.2 Å². The van der Waals surface area contributed by atoms with E-state index < -0.39 is 11.7 Å². The van der Waals surface area contributed by atoms with Crippen molar-refractivity contribution in [2.75, 3.05) is 26.2 Å². The summed E-state index contributed by atoms with van der Waals surface area (Å²) in [7, 11) is 0. The van der Waals surface area contributed by atoms with Crippen molar-refractivity contribution in [2.45, 2.75) is 19.0 Å². The molecule has 0 bridgehead atoms. The van der Waals surface area contributed by atoms with Crippen LogP contribution in [-0.4, -0.2) is 36.2 Å². The van der Waals surface area contributed by atoms with Crippen LogP contribution in [0.25, 0.3) is 5.57 Å². The molecule has 0 radical (unpaired) electrons. The minimum absolute atomic E-state index is 0.167. The number of aliphatic hydroxyl groups is 1. The van der Waals surface area contributed by atoms with Crippen molar-refractivity contribution in [3.8, 4) is 0 Å². The monoisotopic (exact) mass is 285 g/mol. The Morgan fingerprint density at radius 2 is 2.05 bits per heavy atom. The molecule has 0 aromatic heterocycles. The largest absolute Gasteiger partial charge is 0.416 e. The maximum absolute atomic E-state index is 12.7. The van der Waals surface area contributed by atoms with Crippen LogP contribution in [0.5, 0.6) is 0 Å². The van der Waals surface area contributed by atoms with Gasteiger partial charge in [-0.05, 0) is 36.1 Å². The van der Waals surface area contributed by atoms with Crippen molar-refractivity contribution in [1.29, 1.82) is 0 Å². The lowest BCUT2D eigenvalue weighted by atomic mass is 9.97. The van der Waals surface area contributed by atoms with Gasteiger partial charge in [0.2, 0.25) is 0 Å². The van der Waals surface area contributed by atoms with Crippen LogP contribution < -0.4 is 0 Å². The Labute approximate surface area is 116 Å². The molecular weight excluding hydrogens is 267 g/mol. The molecule has 2 nitrogen and oxygen atoms in total. The Bertz CT molecular complexity index is 482. The third kappa shape index (κ3) is 3.84. The van der Waals surface area contributed by atoms with Crippen LogP contribution in [-0.2, 0) is 6.18 Å². The SMILES string of the molecule is OCCCN1CC=C(c2cccc(C(F)(F)F)c2)CC1. The molecule has 0 spiro atoms. The first-order valence-electron chi connectivity index (χ1n) is 6.70. The van der Waals surface area contributed by atoms with Crippen molar-refractivity contribution in [3.63, 3.8) is 0 Å². The number of benzene rings is 1. The maximum atomic E-state index is 12.7. The molecular formula is C15H18F3NO. The molecule has 1 N–H and O–H groups in total. The van der Waals surface area contributed by atoms with Gasteiger partial charge in [-0.3, -0.25) is 4.90 Å². The van der Waals surface area contributed by atoms with Gasteiger partial charge in [-0.25, -0.2) is 0 Å². The Kier molecular flexibility index (Phi) is 4.83. The third-order valence-corrected chi connectivity index (χ3v) is 3.49. The topological polar surface area (TPSA) is 23.5 Å². The van der Waals surface area contributed by atoms with Gasteiger partial charge >= 0.3 is 6.18 Å². The van der Waals surface area contributed by atoms with Crippen LogP contribution in [0, 0.1) is 0 Å². The van der Waals surface area contributed by atoms with Gasteiger partial charge in [0.05, 0.1) is 5.56 Å². The van der Waals surface area contributed by atoms with Crippen LogP contribution >= 0.6 is 0 Å². The van der Waals surface area contributed by atoms with Gasteiger partial charge in [0.15, 0.2) is 0 Å². The zero-order valence-corrected chi connectivity index (χ0v) is 11.2. The molecule has 0 atom stereocenters. The number of halogens is 3. The molecule has 1 aliphatic rings. The highest BCUT2D eigenvalue weighted by Gasteiger charge is 2.30. The first kappa shape index (κ1) is 15.1. The standard InChI is InChI=1S/C15H18F3NO/c16-15(17,18)14-4-1-3-13(11-14)12-5-8-19(9-6-12)7-2-10-20/h1,3-5,11,20H,2,6-10H2. The summed E-state index contributed by atoms with van der Waals surface area (Å²) in [6.07, 6.45) is -0.839. The molecule has 0 saturated carbocycles. The van der Waals surface area contributed by atoms with Gasteiger partial charge in [0.25, 0.3) is 0 Å². The zero-order valence-electron chi connectivity index (χ0n) is 11.2. The van der Waals surface area contributed by atoms with E-state index in [4.69, 9.17) is 5.11 Å². The predicted octanol–water partition coefficient (Wildman–Crippen LogP) is 3.18. The second-order valence-electron chi connectivity index (χ2n) is 4.94. The van der Waals surface area contributed by atoms with Crippen molar-refractivity contribution in [2.24, 2.45) is 0 Å². The molecule has 1 aliphatic heterocycles. The van der Waals surface area contributed by atoms with E-state index in [1.165, 1.54) is 12.1 Å². The molecule has 20 heavy (non-hydrogen) atoms. The summed E-state index contributed by atoms with van der Waals surface area (Å²) in [6, 6.07) is 5.50. The van der Waals surface area contributed by atoms with E-state index in [-0.39, 0.29) is 6.61 Å². The van der Waals surface area contributed by atoms with Crippen LogP contribution in [0.2, 0.25) is 0 Å². The third-order valence-electron chi connectivity index (χ3n) is 3.49. The Morgan fingerprint density at radius 1 is 1.25 bits per heavy atom. The van der Waals surface area contributed by atoms with E-state index >= 15 is 0 Å². The molecule has 0 fully saturated rings. The van der Waals surface area contributed by atoms with Crippen LogP contribution in [0.15, 0.2) is 30.3 Å².